The Labute approximate surface area is 180 Å². The molecule has 166 valence electrons. The Morgan fingerprint density at radius 3 is 2.27 bits per heavy atom. The van der Waals surface area contributed by atoms with Gasteiger partial charge in [0.05, 0.1) is 12.2 Å². The number of amides is 2. The SMILES string of the molecule is CC1CN(C(=O)C2CCN(C(=O)C(C)Oc3cccc(C(C)C)c3)CC2)CC(C)O1. The highest BCUT2D eigenvalue weighted by molar-refractivity contribution is 5.82. The second-order valence-corrected chi connectivity index (χ2v) is 9.09. The Hall–Kier alpha value is -2.08. The van der Waals surface area contributed by atoms with E-state index in [2.05, 4.69) is 19.9 Å². The second kappa shape index (κ2) is 9.82. The zero-order valence-corrected chi connectivity index (χ0v) is 19.0. The summed E-state index contributed by atoms with van der Waals surface area (Å²) >= 11 is 0. The second-order valence-electron chi connectivity index (χ2n) is 9.09. The topological polar surface area (TPSA) is 59.1 Å². The van der Waals surface area contributed by atoms with Crippen LogP contribution in [0.3, 0.4) is 0 Å². The molecular formula is C24H36N2O4. The van der Waals surface area contributed by atoms with E-state index in [4.69, 9.17) is 9.47 Å². The van der Waals surface area contributed by atoms with Crippen molar-refractivity contribution in [3.8, 4) is 5.75 Å². The van der Waals surface area contributed by atoms with Gasteiger partial charge in [0.15, 0.2) is 6.10 Å². The minimum absolute atomic E-state index is 0.00880. The lowest BCUT2D eigenvalue weighted by molar-refractivity contribution is -0.151. The zero-order valence-electron chi connectivity index (χ0n) is 19.0. The highest BCUT2D eigenvalue weighted by atomic mass is 16.5. The van der Waals surface area contributed by atoms with Crippen LogP contribution in [0.15, 0.2) is 24.3 Å². The molecule has 3 atom stereocenters. The van der Waals surface area contributed by atoms with Gasteiger partial charge in [-0.25, -0.2) is 0 Å². The zero-order chi connectivity index (χ0) is 21.8. The van der Waals surface area contributed by atoms with Crippen molar-refractivity contribution in [2.75, 3.05) is 26.2 Å². The van der Waals surface area contributed by atoms with Gasteiger partial charge in [-0.05, 0) is 57.2 Å². The van der Waals surface area contributed by atoms with E-state index in [1.165, 1.54) is 5.56 Å². The predicted molar refractivity (Wildman–Crippen MR) is 117 cm³/mol. The molecule has 0 aromatic heterocycles. The number of likely N-dealkylation sites (tertiary alicyclic amines) is 1. The van der Waals surface area contributed by atoms with Crippen LogP contribution in [-0.2, 0) is 14.3 Å². The van der Waals surface area contributed by atoms with Crippen molar-refractivity contribution < 1.29 is 19.1 Å². The Morgan fingerprint density at radius 1 is 1.03 bits per heavy atom. The van der Waals surface area contributed by atoms with E-state index in [0.717, 1.165) is 5.75 Å². The van der Waals surface area contributed by atoms with Crippen LogP contribution in [0.1, 0.15) is 58.9 Å². The number of ether oxygens (including phenoxy) is 2. The fourth-order valence-corrected chi connectivity index (χ4v) is 4.42. The molecule has 2 fully saturated rings. The summed E-state index contributed by atoms with van der Waals surface area (Å²) in [5.74, 6) is 1.32. The molecule has 1 aromatic carbocycles. The largest absolute Gasteiger partial charge is 0.481 e. The van der Waals surface area contributed by atoms with Gasteiger partial charge in [-0.15, -0.1) is 0 Å². The first-order chi connectivity index (χ1) is 14.2. The third-order valence-corrected chi connectivity index (χ3v) is 6.07. The van der Waals surface area contributed by atoms with Gasteiger partial charge in [-0.2, -0.15) is 0 Å². The predicted octanol–water partition coefficient (Wildman–Crippen LogP) is 3.45. The number of morpholine rings is 1. The molecule has 6 heteroatoms. The van der Waals surface area contributed by atoms with Crippen LogP contribution >= 0.6 is 0 Å². The molecule has 2 aliphatic rings. The Bertz CT molecular complexity index is 732. The van der Waals surface area contributed by atoms with Crippen molar-refractivity contribution in [1.82, 2.24) is 9.80 Å². The monoisotopic (exact) mass is 416 g/mol. The van der Waals surface area contributed by atoms with Crippen molar-refractivity contribution in [2.24, 2.45) is 5.92 Å². The van der Waals surface area contributed by atoms with E-state index in [1.807, 2.05) is 41.8 Å². The molecule has 3 rings (SSSR count). The molecule has 0 N–H and O–H groups in total. The number of benzene rings is 1. The maximum atomic E-state index is 12.9. The van der Waals surface area contributed by atoms with Crippen molar-refractivity contribution in [1.29, 1.82) is 0 Å². The lowest BCUT2D eigenvalue weighted by Crippen LogP contribution is -2.52. The van der Waals surface area contributed by atoms with Gasteiger partial charge in [0.25, 0.3) is 5.91 Å². The van der Waals surface area contributed by atoms with Gasteiger partial charge >= 0.3 is 0 Å². The average Bonchev–Trinajstić information content (AvgIpc) is 2.72. The molecule has 0 saturated carbocycles. The van der Waals surface area contributed by atoms with E-state index in [9.17, 15) is 9.59 Å². The molecule has 30 heavy (non-hydrogen) atoms. The third-order valence-electron chi connectivity index (χ3n) is 6.07. The molecule has 0 spiro atoms. The lowest BCUT2D eigenvalue weighted by atomic mass is 9.94. The minimum atomic E-state index is -0.541. The van der Waals surface area contributed by atoms with Crippen LogP contribution in [-0.4, -0.2) is 66.1 Å². The molecule has 6 nitrogen and oxygen atoms in total. The van der Waals surface area contributed by atoms with E-state index in [0.29, 0.717) is 44.9 Å². The summed E-state index contributed by atoms with van der Waals surface area (Å²) in [5.41, 5.74) is 1.19. The van der Waals surface area contributed by atoms with Crippen LogP contribution in [0, 0.1) is 5.92 Å². The summed E-state index contributed by atoms with van der Waals surface area (Å²) in [6.07, 6.45) is 1.03. The molecule has 2 heterocycles. The molecule has 2 saturated heterocycles. The number of piperidine rings is 1. The van der Waals surface area contributed by atoms with Crippen LogP contribution in [0.5, 0.6) is 5.75 Å². The molecular weight excluding hydrogens is 380 g/mol. The smallest absolute Gasteiger partial charge is 0.263 e. The van der Waals surface area contributed by atoms with Crippen molar-refractivity contribution in [3.05, 3.63) is 29.8 Å². The van der Waals surface area contributed by atoms with Crippen LogP contribution in [0.2, 0.25) is 0 Å². The van der Waals surface area contributed by atoms with Gasteiger partial charge in [-0.1, -0.05) is 26.0 Å². The molecule has 0 bridgehead atoms. The Balaban J connectivity index is 1.51. The maximum Gasteiger partial charge on any atom is 0.263 e. The van der Waals surface area contributed by atoms with Gasteiger partial charge in [0.1, 0.15) is 5.75 Å². The molecule has 2 amide bonds. The van der Waals surface area contributed by atoms with Crippen molar-refractivity contribution >= 4 is 11.8 Å². The van der Waals surface area contributed by atoms with E-state index in [1.54, 1.807) is 6.92 Å². The van der Waals surface area contributed by atoms with Crippen LogP contribution in [0.4, 0.5) is 0 Å². The minimum Gasteiger partial charge on any atom is -0.481 e. The normalized spacial score (nSPS) is 24.1. The lowest BCUT2D eigenvalue weighted by Gasteiger charge is -2.39. The van der Waals surface area contributed by atoms with Gasteiger partial charge in [0.2, 0.25) is 5.91 Å². The number of hydrogen-bond donors (Lipinski definition) is 0. The molecule has 0 radical (unpaired) electrons. The van der Waals surface area contributed by atoms with Crippen molar-refractivity contribution in [3.63, 3.8) is 0 Å². The fraction of sp³-hybridized carbons (Fsp3) is 0.667. The molecule has 0 aliphatic carbocycles. The third kappa shape index (κ3) is 5.54. The first kappa shape index (κ1) is 22.6. The standard InChI is InChI=1S/C24H36N2O4/c1-16(2)21-7-6-8-22(13-21)30-19(5)23(27)25-11-9-20(10-12-25)24(28)26-14-17(3)29-18(4)15-26/h6-8,13,16-20H,9-12,14-15H2,1-5H3. The quantitative estimate of drug-likeness (QED) is 0.738. The first-order valence-corrected chi connectivity index (χ1v) is 11.2. The maximum absolute atomic E-state index is 12.9. The summed E-state index contributed by atoms with van der Waals surface area (Å²) in [6.45, 7) is 12.6. The number of nitrogens with zero attached hydrogens (tertiary/aromatic N) is 2. The summed E-state index contributed by atoms with van der Waals surface area (Å²) < 4.78 is 11.7. The van der Waals surface area contributed by atoms with E-state index < -0.39 is 6.10 Å². The summed E-state index contributed by atoms with van der Waals surface area (Å²) in [6, 6.07) is 7.93. The van der Waals surface area contributed by atoms with Gasteiger partial charge in [-0.3, -0.25) is 9.59 Å². The average molecular weight is 417 g/mol. The number of carbonyl (C=O) groups excluding carboxylic acids is 2. The number of hydrogen-bond acceptors (Lipinski definition) is 4. The fourth-order valence-electron chi connectivity index (χ4n) is 4.42. The van der Waals surface area contributed by atoms with Gasteiger partial charge in [0, 0.05) is 32.1 Å². The highest BCUT2D eigenvalue weighted by Crippen LogP contribution is 2.24. The first-order valence-electron chi connectivity index (χ1n) is 11.2. The van der Waals surface area contributed by atoms with Gasteiger partial charge < -0.3 is 19.3 Å². The Kier molecular flexibility index (Phi) is 7.40. The summed E-state index contributed by atoms with van der Waals surface area (Å²) in [5, 5.41) is 0. The molecule has 3 unspecified atom stereocenters. The van der Waals surface area contributed by atoms with Crippen molar-refractivity contribution in [2.45, 2.75) is 71.7 Å². The Morgan fingerprint density at radius 2 is 1.67 bits per heavy atom. The highest BCUT2D eigenvalue weighted by Gasteiger charge is 2.34. The van der Waals surface area contributed by atoms with Crippen LogP contribution in [0.25, 0.3) is 0 Å². The summed E-state index contributed by atoms with van der Waals surface area (Å²) in [4.78, 5) is 29.6. The van der Waals surface area contributed by atoms with Crippen LogP contribution < -0.4 is 4.74 Å². The molecule has 2 aliphatic heterocycles. The number of rotatable bonds is 5. The van der Waals surface area contributed by atoms with E-state index >= 15 is 0 Å². The summed E-state index contributed by atoms with van der Waals surface area (Å²) in [7, 11) is 0. The van der Waals surface area contributed by atoms with E-state index in [-0.39, 0.29) is 29.9 Å². The molecule has 1 aromatic rings. The number of carbonyl (C=O) groups is 2.